The van der Waals surface area contributed by atoms with E-state index in [1.54, 1.807) is 27.8 Å². The summed E-state index contributed by atoms with van der Waals surface area (Å²) in [7, 11) is 0. The third-order valence-corrected chi connectivity index (χ3v) is 5.61. The molecular weight excluding hydrogens is 306 g/mol. The average molecular weight is 323 g/mol. The number of nitrogens with one attached hydrogen (secondary N) is 1. The monoisotopic (exact) mass is 323 g/mol. The summed E-state index contributed by atoms with van der Waals surface area (Å²) in [6.45, 7) is 0.366. The van der Waals surface area contributed by atoms with Crippen molar-refractivity contribution in [2.45, 2.75) is 24.6 Å². The number of aliphatic hydroxyl groups is 1. The number of rotatable bonds is 5. The van der Waals surface area contributed by atoms with E-state index in [9.17, 15) is 4.79 Å². The van der Waals surface area contributed by atoms with Crippen molar-refractivity contribution in [3.05, 3.63) is 23.6 Å². The molecule has 1 atom stereocenters. The molecule has 2 N–H and O–H groups in total. The third kappa shape index (κ3) is 3.30. The Morgan fingerprint density at radius 1 is 1.57 bits per heavy atom. The van der Waals surface area contributed by atoms with Gasteiger partial charge in [0.15, 0.2) is 0 Å². The van der Waals surface area contributed by atoms with E-state index < -0.39 is 0 Å². The summed E-state index contributed by atoms with van der Waals surface area (Å²) in [4.78, 5) is 13.3. The second-order valence-electron chi connectivity index (χ2n) is 4.83. The molecular formula is C14H17N3O2S2. The van der Waals surface area contributed by atoms with Gasteiger partial charge < -0.3 is 10.4 Å². The van der Waals surface area contributed by atoms with Gasteiger partial charge in [-0.15, -0.1) is 23.1 Å². The number of thiophene rings is 1. The molecule has 3 heterocycles. The number of nitrogens with zero attached hydrogens (tertiary/aromatic N) is 2. The predicted molar refractivity (Wildman–Crippen MR) is 86.7 cm³/mol. The van der Waals surface area contributed by atoms with E-state index in [1.165, 1.54) is 0 Å². The first kappa shape index (κ1) is 14.6. The number of hydrogen-bond acceptors (Lipinski definition) is 5. The maximum absolute atomic E-state index is 12.2. The molecule has 0 bridgehead atoms. The predicted octanol–water partition coefficient (Wildman–Crippen LogP) is 2.44. The molecule has 1 fully saturated rings. The van der Waals surface area contributed by atoms with Crippen LogP contribution in [0.2, 0.25) is 0 Å². The van der Waals surface area contributed by atoms with Gasteiger partial charge in [0.25, 0.3) is 0 Å². The molecule has 0 aromatic carbocycles. The molecule has 7 heteroatoms. The zero-order chi connectivity index (χ0) is 14.7. The first-order valence-corrected chi connectivity index (χ1v) is 8.86. The van der Waals surface area contributed by atoms with Crippen LogP contribution in [0.25, 0.3) is 10.6 Å². The fraction of sp³-hybridized carbons (Fsp3) is 0.429. The lowest BCUT2D eigenvalue weighted by molar-refractivity contribution is -0.115. The fourth-order valence-corrected chi connectivity index (χ4v) is 4.16. The highest BCUT2D eigenvalue weighted by Crippen LogP contribution is 2.29. The van der Waals surface area contributed by atoms with Gasteiger partial charge in [-0.3, -0.25) is 4.79 Å². The van der Waals surface area contributed by atoms with Crippen molar-refractivity contribution >= 4 is 34.8 Å². The van der Waals surface area contributed by atoms with Crippen LogP contribution in [0.5, 0.6) is 0 Å². The molecule has 2 aromatic rings. The van der Waals surface area contributed by atoms with E-state index in [4.69, 9.17) is 5.11 Å². The summed E-state index contributed by atoms with van der Waals surface area (Å²) < 4.78 is 1.66. The SMILES string of the molecule is O=C(Nc1cc(-c2cccs2)nn1CCO)C1CCCS1. The lowest BCUT2D eigenvalue weighted by Crippen LogP contribution is -2.24. The van der Waals surface area contributed by atoms with Gasteiger partial charge in [-0.05, 0) is 30.0 Å². The molecule has 1 aliphatic rings. The summed E-state index contributed by atoms with van der Waals surface area (Å²) >= 11 is 3.31. The van der Waals surface area contributed by atoms with Crippen LogP contribution in [0.3, 0.4) is 0 Å². The summed E-state index contributed by atoms with van der Waals surface area (Å²) in [6.07, 6.45) is 2.03. The largest absolute Gasteiger partial charge is 0.394 e. The van der Waals surface area contributed by atoms with Gasteiger partial charge in [-0.2, -0.15) is 5.10 Å². The summed E-state index contributed by atoms with van der Waals surface area (Å²) in [5, 5.41) is 18.6. The Kier molecular flexibility index (Phi) is 4.62. The second-order valence-corrected chi connectivity index (χ2v) is 7.09. The Balaban J connectivity index is 1.80. The number of hydrogen-bond donors (Lipinski definition) is 2. The first-order valence-electron chi connectivity index (χ1n) is 6.93. The number of aromatic nitrogens is 2. The quantitative estimate of drug-likeness (QED) is 0.887. The number of aliphatic hydroxyl groups excluding tert-OH is 1. The minimum absolute atomic E-state index is 0.00733. The number of thioether (sulfide) groups is 1. The minimum Gasteiger partial charge on any atom is -0.394 e. The van der Waals surface area contributed by atoms with Gasteiger partial charge in [0, 0.05) is 6.07 Å². The van der Waals surface area contributed by atoms with Crippen LogP contribution < -0.4 is 5.32 Å². The van der Waals surface area contributed by atoms with Crippen molar-refractivity contribution in [1.29, 1.82) is 0 Å². The van der Waals surface area contributed by atoms with Crippen molar-refractivity contribution in [1.82, 2.24) is 9.78 Å². The van der Waals surface area contributed by atoms with Crippen LogP contribution in [-0.4, -0.2) is 38.4 Å². The highest BCUT2D eigenvalue weighted by atomic mass is 32.2. The van der Waals surface area contributed by atoms with Gasteiger partial charge in [0.2, 0.25) is 5.91 Å². The van der Waals surface area contributed by atoms with Crippen molar-refractivity contribution in [2.75, 3.05) is 17.7 Å². The summed E-state index contributed by atoms with van der Waals surface area (Å²) in [6, 6.07) is 5.84. The van der Waals surface area contributed by atoms with Crippen LogP contribution in [0.1, 0.15) is 12.8 Å². The molecule has 2 aromatic heterocycles. The highest BCUT2D eigenvalue weighted by Gasteiger charge is 2.24. The first-order chi connectivity index (χ1) is 10.3. The van der Waals surface area contributed by atoms with Crippen molar-refractivity contribution in [3.8, 4) is 10.6 Å². The highest BCUT2D eigenvalue weighted by molar-refractivity contribution is 8.00. The maximum Gasteiger partial charge on any atom is 0.238 e. The van der Waals surface area contributed by atoms with Crippen molar-refractivity contribution in [2.24, 2.45) is 0 Å². The molecule has 0 spiro atoms. The molecule has 1 unspecified atom stereocenters. The molecule has 1 amide bonds. The molecule has 112 valence electrons. The molecule has 0 radical (unpaired) electrons. The van der Waals surface area contributed by atoms with Crippen LogP contribution >= 0.6 is 23.1 Å². The number of amides is 1. The van der Waals surface area contributed by atoms with E-state index >= 15 is 0 Å². The number of carbonyl (C=O) groups excluding carboxylic acids is 1. The van der Waals surface area contributed by atoms with Crippen LogP contribution in [0, 0.1) is 0 Å². The lowest BCUT2D eigenvalue weighted by atomic mass is 10.2. The minimum atomic E-state index is -0.00733. The van der Waals surface area contributed by atoms with Gasteiger partial charge in [-0.25, -0.2) is 4.68 Å². The molecule has 1 saturated heterocycles. The van der Waals surface area contributed by atoms with E-state index in [-0.39, 0.29) is 17.8 Å². The lowest BCUT2D eigenvalue weighted by Gasteiger charge is -2.10. The van der Waals surface area contributed by atoms with Crippen molar-refractivity contribution in [3.63, 3.8) is 0 Å². The Labute approximate surface area is 131 Å². The normalized spacial score (nSPS) is 18.0. The Morgan fingerprint density at radius 3 is 3.14 bits per heavy atom. The van der Waals surface area contributed by atoms with Gasteiger partial charge >= 0.3 is 0 Å². The zero-order valence-electron chi connectivity index (χ0n) is 11.5. The van der Waals surface area contributed by atoms with Crippen LogP contribution in [-0.2, 0) is 11.3 Å². The zero-order valence-corrected chi connectivity index (χ0v) is 13.1. The Bertz CT molecular complexity index is 604. The number of anilines is 1. The van der Waals surface area contributed by atoms with Gasteiger partial charge in [0.05, 0.1) is 23.3 Å². The maximum atomic E-state index is 12.2. The fourth-order valence-electron chi connectivity index (χ4n) is 2.32. The molecule has 21 heavy (non-hydrogen) atoms. The average Bonchev–Trinajstić information content (AvgIpc) is 3.21. The molecule has 0 aliphatic carbocycles. The Morgan fingerprint density at radius 2 is 2.48 bits per heavy atom. The van der Waals surface area contributed by atoms with Gasteiger partial charge in [0.1, 0.15) is 11.5 Å². The smallest absolute Gasteiger partial charge is 0.238 e. The van der Waals surface area contributed by atoms with Crippen LogP contribution in [0.15, 0.2) is 23.6 Å². The van der Waals surface area contributed by atoms with E-state index in [0.717, 1.165) is 29.2 Å². The second kappa shape index (κ2) is 6.64. The molecule has 1 aliphatic heterocycles. The van der Waals surface area contributed by atoms with Crippen molar-refractivity contribution < 1.29 is 9.90 Å². The topological polar surface area (TPSA) is 67.2 Å². The molecule has 3 rings (SSSR count). The van der Waals surface area contributed by atoms with E-state index in [2.05, 4.69) is 10.4 Å². The standard InChI is InChI=1S/C14H17N3O2S2/c18-6-5-17-13(15-14(19)12-4-2-8-21-12)9-10(16-17)11-3-1-7-20-11/h1,3,7,9,12,18H,2,4-6,8H2,(H,15,19). The summed E-state index contributed by atoms with van der Waals surface area (Å²) in [5.41, 5.74) is 0.827. The molecule has 0 saturated carbocycles. The van der Waals surface area contributed by atoms with E-state index in [0.29, 0.717) is 12.4 Å². The number of carbonyl (C=O) groups is 1. The van der Waals surface area contributed by atoms with Crippen LogP contribution in [0.4, 0.5) is 5.82 Å². The van der Waals surface area contributed by atoms with E-state index in [1.807, 2.05) is 23.6 Å². The third-order valence-electron chi connectivity index (χ3n) is 3.34. The van der Waals surface area contributed by atoms with Gasteiger partial charge in [-0.1, -0.05) is 6.07 Å². The Hall–Kier alpha value is -1.31. The molecule has 5 nitrogen and oxygen atoms in total. The summed E-state index contributed by atoms with van der Waals surface area (Å²) in [5.74, 6) is 1.74.